The van der Waals surface area contributed by atoms with Crippen LogP contribution in [0.4, 0.5) is 5.69 Å². The standard InChI is InChI=1S/C17H17NO4/c18-15-12-13(7-9-17(19)20)6-8-16(15)22-11-10-21-14-4-2-1-3-5-14/h1-9,12H,10-11,18H2,(H,19,20)/b9-7-. The van der Waals surface area contributed by atoms with Crippen molar-refractivity contribution in [2.75, 3.05) is 18.9 Å². The Morgan fingerprint density at radius 3 is 2.50 bits per heavy atom. The van der Waals surface area contributed by atoms with Crippen LogP contribution in [0.3, 0.4) is 0 Å². The molecule has 114 valence electrons. The summed E-state index contributed by atoms with van der Waals surface area (Å²) in [6.07, 6.45) is 2.53. The van der Waals surface area contributed by atoms with Crippen molar-refractivity contribution in [3.8, 4) is 11.5 Å². The van der Waals surface area contributed by atoms with Crippen LogP contribution in [0.2, 0.25) is 0 Å². The number of para-hydroxylation sites is 1. The number of benzene rings is 2. The van der Waals surface area contributed by atoms with Crippen LogP contribution in [0, 0.1) is 0 Å². The van der Waals surface area contributed by atoms with Crippen molar-refractivity contribution in [1.29, 1.82) is 0 Å². The fourth-order valence-electron chi connectivity index (χ4n) is 1.80. The summed E-state index contributed by atoms with van der Waals surface area (Å²) in [5, 5.41) is 8.58. The summed E-state index contributed by atoms with van der Waals surface area (Å²) in [6.45, 7) is 0.771. The third-order valence-electron chi connectivity index (χ3n) is 2.81. The molecule has 0 saturated carbocycles. The minimum absolute atomic E-state index is 0.364. The van der Waals surface area contributed by atoms with Crippen molar-refractivity contribution in [1.82, 2.24) is 0 Å². The van der Waals surface area contributed by atoms with Gasteiger partial charge in [-0.15, -0.1) is 0 Å². The summed E-state index contributed by atoms with van der Waals surface area (Å²) in [5.74, 6) is 0.328. The molecule has 2 aromatic carbocycles. The zero-order valence-electron chi connectivity index (χ0n) is 11.9. The molecule has 5 nitrogen and oxygen atoms in total. The highest BCUT2D eigenvalue weighted by atomic mass is 16.5. The minimum atomic E-state index is -1.00. The van der Waals surface area contributed by atoms with E-state index in [9.17, 15) is 4.79 Å². The Morgan fingerprint density at radius 2 is 1.82 bits per heavy atom. The van der Waals surface area contributed by atoms with Gasteiger partial charge in [0.25, 0.3) is 0 Å². The van der Waals surface area contributed by atoms with Crippen LogP contribution in [-0.4, -0.2) is 24.3 Å². The van der Waals surface area contributed by atoms with Crippen molar-refractivity contribution < 1.29 is 19.4 Å². The van der Waals surface area contributed by atoms with Crippen molar-refractivity contribution in [2.45, 2.75) is 0 Å². The molecule has 0 aromatic heterocycles. The van der Waals surface area contributed by atoms with Crippen LogP contribution < -0.4 is 15.2 Å². The SMILES string of the molecule is Nc1cc(/C=C\C(=O)O)ccc1OCCOc1ccccc1. The molecular weight excluding hydrogens is 282 g/mol. The highest BCUT2D eigenvalue weighted by Crippen LogP contribution is 2.23. The van der Waals surface area contributed by atoms with Gasteiger partial charge < -0.3 is 20.3 Å². The van der Waals surface area contributed by atoms with Crippen LogP contribution in [0.5, 0.6) is 11.5 Å². The number of ether oxygens (including phenoxy) is 2. The second kappa shape index (κ2) is 7.73. The van der Waals surface area contributed by atoms with Crippen LogP contribution in [0.25, 0.3) is 6.08 Å². The van der Waals surface area contributed by atoms with E-state index in [4.69, 9.17) is 20.3 Å². The van der Waals surface area contributed by atoms with Crippen LogP contribution in [0.1, 0.15) is 5.56 Å². The van der Waals surface area contributed by atoms with Crippen molar-refractivity contribution >= 4 is 17.7 Å². The van der Waals surface area contributed by atoms with E-state index in [-0.39, 0.29) is 0 Å². The Bertz CT molecular complexity index is 653. The quantitative estimate of drug-likeness (QED) is 0.467. The second-order valence-electron chi connectivity index (χ2n) is 4.48. The molecule has 0 atom stereocenters. The molecule has 0 aliphatic heterocycles. The van der Waals surface area contributed by atoms with Gasteiger partial charge >= 0.3 is 5.97 Å². The zero-order chi connectivity index (χ0) is 15.8. The van der Waals surface area contributed by atoms with Gasteiger partial charge in [0.2, 0.25) is 0 Å². The molecule has 0 fully saturated rings. The second-order valence-corrected chi connectivity index (χ2v) is 4.48. The van der Waals surface area contributed by atoms with E-state index < -0.39 is 5.97 Å². The van der Waals surface area contributed by atoms with Crippen LogP contribution in [-0.2, 0) is 4.79 Å². The van der Waals surface area contributed by atoms with Crippen molar-refractivity contribution in [3.05, 3.63) is 60.2 Å². The Labute approximate surface area is 128 Å². The van der Waals surface area contributed by atoms with Crippen LogP contribution >= 0.6 is 0 Å². The molecule has 0 aliphatic carbocycles. The Balaban J connectivity index is 1.84. The third kappa shape index (κ3) is 4.86. The summed E-state index contributed by atoms with van der Waals surface area (Å²) >= 11 is 0. The smallest absolute Gasteiger partial charge is 0.328 e. The van der Waals surface area contributed by atoms with Gasteiger partial charge in [0.15, 0.2) is 0 Å². The number of aliphatic carboxylic acids is 1. The Kier molecular flexibility index (Phi) is 5.43. The lowest BCUT2D eigenvalue weighted by Gasteiger charge is -2.10. The van der Waals surface area contributed by atoms with Gasteiger partial charge in [0.05, 0.1) is 5.69 Å². The van der Waals surface area contributed by atoms with Gasteiger partial charge in [0.1, 0.15) is 24.7 Å². The number of hydrogen-bond donors (Lipinski definition) is 2. The van der Waals surface area contributed by atoms with E-state index in [0.29, 0.717) is 30.2 Å². The number of carboxylic acid groups (broad SMARTS) is 1. The number of carbonyl (C=O) groups is 1. The van der Waals surface area contributed by atoms with Gasteiger partial charge in [-0.25, -0.2) is 4.79 Å². The summed E-state index contributed by atoms with van der Waals surface area (Å²) in [5.41, 5.74) is 7.03. The molecule has 2 rings (SSSR count). The molecule has 5 heteroatoms. The summed E-state index contributed by atoms with van der Waals surface area (Å²) in [4.78, 5) is 10.5. The first-order chi connectivity index (χ1) is 10.6. The fraction of sp³-hybridized carbons (Fsp3) is 0.118. The molecule has 0 amide bonds. The first-order valence-corrected chi connectivity index (χ1v) is 6.76. The third-order valence-corrected chi connectivity index (χ3v) is 2.81. The maximum Gasteiger partial charge on any atom is 0.328 e. The predicted octanol–water partition coefficient (Wildman–Crippen LogP) is 2.82. The van der Waals surface area contributed by atoms with E-state index in [1.54, 1.807) is 18.2 Å². The first-order valence-electron chi connectivity index (χ1n) is 6.76. The molecule has 0 bridgehead atoms. The average molecular weight is 299 g/mol. The van der Waals surface area contributed by atoms with Crippen molar-refractivity contribution in [3.63, 3.8) is 0 Å². The maximum atomic E-state index is 10.5. The molecule has 0 saturated heterocycles. The molecule has 0 heterocycles. The van der Waals surface area contributed by atoms with Gasteiger partial charge in [0, 0.05) is 6.08 Å². The first kappa shape index (κ1) is 15.4. The largest absolute Gasteiger partial charge is 0.490 e. The predicted molar refractivity (Wildman–Crippen MR) is 85.0 cm³/mol. The summed E-state index contributed by atoms with van der Waals surface area (Å²) < 4.78 is 11.1. The van der Waals surface area contributed by atoms with Gasteiger partial charge in [-0.05, 0) is 35.9 Å². The average Bonchev–Trinajstić information content (AvgIpc) is 2.52. The maximum absolute atomic E-state index is 10.5. The molecule has 3 N–H and O–H groups in total. The van der Waals surface area contributed by atoms with E-state index in [0.717, 1.165) is 11.8 Å². The number of nitrogen functional groups attached to an aromatic ring is 1. The van der Waals surface area contributed by atoms with Crippen molar-refractivity contribution in [2.24, 2.45) is 0 Å². The summed E-state index contributed by atoms with van der Waals surface area (Å²) in [7, 11) is 0. The van der Waals surface area contributed by atoms with Gasteiger partial charge in [-0.2, -0.15) is 0 Å². The molecule has 0 unspecified atom stereocenters. The number of carboxylic acids is 1. The number of hydrogen-bond acceptors (Lipinski definition) is 4. The number of nitrogens with two attached hydrogens (primary N) is 1. The van der Waals surface area contributed by atoms with E-state index in [1.807, 2.05) is 30.3 Å². The molecule has 0 radical (unpaired) electrons. The highest BCUT2D eigenvalue weighted by molar-refractivity contribution is 5.85. The van der Waals surface area contributed by atoms with Gasteiger partial charge in [-0.3, -0.25) is 0 Å². The van der Waals surface area contributed by atoms with Gasteiger partial charge in [-0.1, -0.05) is 24.3 Å². The van der Waals surface area contributed by atoms with E-state index >= 15 is 0 Å². The summed E-state index contributed by atoms with van der Waals surface area (Å²) in [6, 6.07) is 14.6. The fourth-order valence-corrected chi connectivity index (χ4v) is 1.80. The lowest BCUT2D eigenvalue weighted by Crippen LogP contribution is -2.09. The molecule has 2 aromatic rings. The topological polar surface area (TPSA) is 81.8 Å². The molecule has 22 heavy (non-hydrogen) atoms. The van der Waals surface area contributed by atoms with E-state index in [1.165, 1.54) is 6.08 Å². The van der Waals surface area contributed by atoms with Crippen LogP contribution in [0.15, 0.2) is 54.6 Å². The minimum Gasteiger partial charge on any atom is -0.490 e. The van der Waals surface area contributed by atoms with E-state index in [2.05, 4.69) is 0 Å². The highest BCUT2D eigenvalue weighted by Gasteiger charge is 2.01. The Hall–Kier alpha value is -2.95. The number of rotatable bonds is 7. The molecule has 0 spiro atoms. The Morgan fingerprint density at radius 1 is 1.09 bits per heavy atom. The molecule has 0 aliphatic rings. The lowest BCUT2D eigenvalue weighted by molar-refractivity contribution is -0.131. The molecular formula is C17H17NO4. The normalized spacial score (nSPS) is 10.5. The number of anilines is 1. The lowest BCUT2D eigenvalue weighted by atomic mass is 10.2. The monoisotopic (exact) mass is 299 g/mol. The zero-order valence-corrected chi connectivity index (χ0v) is 11.9.